The first kappa shape index (κ1) is 13.1. The Labute approximate surface area is 117 Å². The van der Waals surface area contributed by atoms with Crippen molar-refractivity contribution in [2.45, 2.75) is 31.7 Å². The summed E-state index contributed by atoms with van der Waals surface area (Å²) in [6, 6.07) is 3.06. The average molecular weight is 274 g/mol. The Morgan fingerprint density at radius 2 is 1.90 bits per heavy atom. The van der Waals surface area contributed by atoms with Gasteiger partial charge in [0.15, 0.2) is 0 Å². The number of carboxylic acid groups (broad SMARTS) is 1. The first-order chi connectivity index (χ1) is 9.58. The number of carbonyl (C=O) groups is 2. The maximum absolute atomic E-state index is 12.5. The van der Waals surface area contributed by atoms with E-state index in [1.54, 1.807) is 4.90 Å². The fourth-order valence-electron chi connectivity index (χ4n) is 2.89. The molecule has 0 spiro atoms. The Kier molecular flexibility index (Phi) is 3.20. The van der Waals surface area contributed by atoms with Crippen LogP contribution >= 0.6 is 0 Å². The third-order valence-corrected chi connectivity index (χ3v) is 4.20. The van der Waals surface area contributed by atoms with Gasteiger partial charge in [0.05, 0.1) is 5.56 Å². The maximum Gasteiger partial charge on any atom is 0.335 e. The highest BCUT2D eigenvalue weighted by atomic mass is 16.4. The molecule has 3 rings (SSSR count). The van der Waals surface area contributed by atoms with E-state index in [1.165, 1.54) is 44.0 Å². The first-order valence-corrected chi connectivity index (χ1v) is 7.04. The molecule has 1 heterocycles. The zero-order valence-corrected chi connectivity index (χ0v) is 11.5. The third kappa shape index (κ3) is 2.53. The van der Waals surface area contributed by atoms with E-state index in [-0.39, 0.29) is 17.2 Å². The van der Waals surface area contributed by atoms with E-state index in [0.717, 1.165) is 0 Å². The normalized spacial score (nSPS) is 18.1. The van der Waals surface area contributed by atoms with Crippen molar-refractivity contribution in [1.29, 1.82) is 0 Å². The molecular weight excluding hydrogens is 256 g/mol. The predicted octanol–water partition coefficient (Wildman–Crippen LogP) is 2.04. The van der Waals surface area contributed by atoms with Crippen LogP contribution in [0.1, 0.15) is 46.5 Å². The summed E-state index contributed by atoms with van der Waals surface area (Å²) in [5, 5.41) is 8.98. The predicted molar refractivity (Wildman–Crippen MR) is 72.5 cm³/mol. The Bertz CT molecular complexity index is 538. The van der Waals surface area contributed by atoms with Crippen LogP contribution in [0.3, 0.4) is 0 Å². The second kappa shape index (κ2) is 4.89. The number of pyridine rings is 1. The van der Waals surface area contributed by atoms with E-state index in [4.69, 9.17) is 5.11 Å². The lowest BCUT2D eigenvalue weighted by atomic mass is 10.1. The largest absolute Gasteiger partial charge is 0.478 e. The zero-order valence-electron chi connectivity index (χ0n) is 11.5. The Morgan fingerprint density at radius 1 is 1.30 bits per heavy atom. The topological polar surface area (TPSA) is 70.5 Å². The molecule has 2 aliphatic rings. The van der Waals surface area contributed by atoms with Gasteiger partial charge in [0.2, 0.25) is 0 Å². The molecule has 0 aromatic carbocycles. The number of aromatic carboxylic acids is 1. The maximum atomic E-state index is 12.5. The molecule has 2 aliphatic carbocycles. The molecular formula is C15H18N2O3. The summed E-state index contributed by atoms with van der Waals surface area (Å²) in [4.78, 5) is 29.3. The first-order valence-electron chi connectivity index (χ1n) is 7.04. The van der Waals surface area contributed by atoms with Crippen molar-refractivity contribution in [3.63, 3.8) is 0 Å². The molecule has 20 heavy (non-hydrogen) atoms. The van der Waals surface area contributed by atoms with Gasteiger partial charge in [-0.2, -0.15) is 0 Å². The molecule has 0 saturated heterocycles. The van der Waals surface area contributed by atoms with Crippen molar-refractivity contribution in [3.8, 4) is 0 Å². The van der Waals surface area contributed by atoms with E-state index >= 15 is 0 Å². The van der Waals surface area contributed by atoms with Crippen LogP contribution < -0.4 is 0 Å². The molecule has 0 unspecified atom stereocenters. The quantitative estimate of drug-likeness (QED) is 0.892. The zero-order chi connectivity index (χ0) is 14.3. The van der Waals surface area contributed by atoms with Crippen LogP contribution in [-0.2, 0) is 0 Å². The highest BCUT2D eigenvalue weighted by Gasteiger charge is 2.45. The summed E-state index contributed by atoms with van der Waals surface area (Å²) in [5.41, 5.74) is 0.324. The van der Waals surface area contributed by atoms with E-state index in [2.05, 4.69) is 4.98 Å². The van der Waals surface area contributed by atoms with Gasteiger partial charge >= 0.3 is 5.97 Å². The summed E-state index contributed by atoms with van der Waals surface area (Å²) in [6.07, 6.45) is 6.17. The Hall–Kier alpha value is -1.91. The minimum atomic E-state index is -1.04. The number of carbonyl (C=O) groups excluding carboxylic acids is 1. The molecule has 0 radical (unpaired) electrons. The highest BCUT2D eigenvalue weighted by Crippen LogP contribution is 2.47. The van der Waals surface area contributed by atoms with Gasteiger partial charge in [-0.15, -0.1) is 0 Å². The number of amides is 1. The van der Waals surface area contributed by atoms with Crippen molar-refractivity contribution in [3.05, 3.63) is 29.6 Å². The molecule has 2 saturated carbocycles. The lowest BCUT2D eigenvalue weighted by Crippen LogP contribution is -2.40. The summed E-state index contributed by atoms with van der Waals surface area (Å²) >= 11 is 0. The van der Waals surface area contributed by atoms with Gasteiger partial charge in [-0.3, -0.25) is 9.78 Å². The number of rotatable bonds is 5. The fraction of sp³-hybridized carbons (Fsp3) is 0.533. The van der Waals surface area contributed by atoms with Crippen LogP contribution in [-0.4, -0.2) is 40.0 Å². The van der Waals surface area contributed by atoms with E-state index in [0.29, 0.717) is 17.9 Å². The summed E-state index contributed by atoms with van der Waals surface area (Å²) in [5.74, 6) is 0.0418. The minimum Gasteiger partial charge on any atom is -0.478 e. The van der Waals surface area contributed by atoms with Crippen molar-refractivity contribution in [2.75, 3.05) is 7.05 Å². The van der Waals surface area contributed by atoms with Crippen molar-refractivity contribution < 1.29 is 14.7 Å². The number of aromatic nitrogens is 1. The SMILES string of the molecule is CN(C(=O)c1cc(C(=O)O)ccn1)C(C1CC1)C1CC1. The summed E-state index contributed by atoms with van der Waals surface area (Å²) in [6.45, 7) is 0. The van der Waals surface area contributed by atoms with Crippen molar-refractivity contribution in [2.24, 2.45) is 11.8 Å². The van der Waals surface area contributed by atoms with Crippen LogP contribution in [0, 0.1) is 11.8 Å². The summed E-state index contributed by atoms with van der Waals surface area (Å²) in [7, 11) is 1.82. The van der Waals surface area contributed by atoms with Crippen LogP contribution in [0.4, 0.5) is 0 Å². The van der Waals surface area contributed by atoms with Gasteiger partial charge in [0, 0.05) is 19.3 Å². The van der Waals surface area contributed by atoms with Gasteiger partial charge in [-0.1, -0.05) is 0 Å². The molecule has 2 fully saturated rings. The van der Waals surface area contributed by atoms with Crippen LogP contribution in [0.15, 0.2) is 18.3 Å². The highest BCUT2D eigenvalue weighted by molar-refractivity contribution is 5.95. The van der Waals surface area contributed by atoms with E-state index < -0.39 is 5.97 Å². The van der Waals surface area contributed by atoms with Gasteiger partial charge in [0.1, 0.15) is 5.69 Å². The van der Waals surface area contributed by atoms with E-state index in [1.807, 2.05) is 7.05 Å². The number of hydrogen-bond donors (Lipinski definition) is 1. The van der Waals surface area contributed by atoms with Gasteiger partial charge in [0.25, 0.3) is 5.91 Å². The Morgan fingerprint density at radius 3 is 2.40 bits per heavy atom. The molecule has 5 heteroatoms. The second-order valence-corrected chi connectivity index (χ2v) is 5.82. The second-order valence-electron chi connectivity index (χ2n) is 5.82. The molecule has 1 N–H and O–H groups in total. The third-order valence-electron chi connectivity index (χ3n) is 4.20. The smallest absolute Gasteiger partial charge is 0.335 e. The lowest BCUT2D eigenvalue weighted by Gasteiger charge is -2.28. The number of hydrogen-bond acceptors (Lipinski definition) is 3. The Balaban J connectivity index is 1.80. The monoisotopic (exact) mass is 274 g/mol. The average Bonchev–Trinajstić information content (AvgIpc) is 3.32. The van der Waals surface area contributed by atoms with Gasteiger partial charge in [-0.05, 0) is 49.7 Å². The van der Waals surface area contributed by atoms with Gasteiger partial charge in [-0.25, -0.2) is 4.79 Å². The lowest BCUT2D eigenvalue weighted by molar-refractivity contribution is 0.0683. The molecule has 0 atom stereocenters. The number of carboxylic acids is 1. The molecule has 0 bridgehead atoms. The fourth-order valence-corrected chi connectivity index (χ4v) is 2.89. The van der Waals surface area contributed by atoms with Crippen LogP contribution in [0.5, 0.6) is 0 Å². The molecule has 1 aromatic rings. The molecule has 1 aromatic heterocycles. The van der Waals surface area contributed by atoms with Gasteiger partial charge < -0.3 is 10.0 Å². The molecule has 5 nitrogen and oxygen atoms in total. The van der Waals surface area contributed by atoms with Crippen LogP contribution in [0.25, 0.3) is 0 Å². The molecule has 0 aliphatic heterocycles. The molecule has 1 amide bonds. The van der Waals surface area contributed by atoms with E-state index in [9.17, 15) is 9.59 Å². The number of nitrogens with zero attached hydrogens (tertiary/aromatic N) is 2. The summed E-state index contributed by atoms with van der Waals surface area (Å²) < 4.78 is 0. The van der Waals surface area contributed by atoms with Crippen molar-refractivity contribution >= 4 is 11.9 Å². The minimum absolute atomic E-state index is 0.103. The standard InChI is InChI=1S/C15H18N2O3/c1-17(13(9-2-3-9)10-4-5-10)14(18)12-8-11(15(19)20)6-7-16-12/h6-10,13H,2-5H2,1H3,(H,19,20). The van der Waals surface area contributed by atoms with Crippen molar-refractivity contribution in [1.82, 2.24) is 9.88 Å². The van der Waals surface area contributed by atoms with Crippen LogP contribution in [0.2, 0.25) is 0 Å². The molecule has 106 valence electrons.